The van der Waals surface area contributed by atoms with E-state index < -0.39 is 11.7 Å². The summed E-state index contributed by atoms with van der Waals surface area (Å²) in [7, 11) is 0. The maximum absolute atomic E-state index is 12.9. The minimum absolute atomic E-state index is 0.0480. The molecular formula is C21H14Cl2N4O2. The molecule has 0 aliphatic heterocycles. The van der Waals surface area contributed by atoms with Crippen LogP contribution >= 0.6 is 23.2 Å². The Morgan fingerprint density at radius 1 is 0.931 bits per heavy atom. The number of carbonyl (C=O) groups excluding carboxylic acids is 2. The van der Waals surface area contributed by atoms with Crippen LogP contribution in [0.15, 0.2) is 67.0 Å². The Labute approximate surface area is 176 Å². The van der Waals surface area contributed by atoms with E-state index in [1.165, 1.54) is 12.4 Å². The van der Waals surface area contributed by atoms with Crippen LogP contribution in [0.1, 0.15) is 15.9 Å². The zero-order valence-corrected chi connectivity index (χ0v) is 16.5. The lowest BCUT2D eigenvalue weighted by atomic mass is 10.1. The number of hydrogen-bond donors (Lipinski definition) is 1. The molecule has 0 bridgehead atoms. The second-order valence-electron chi connectivity index (χ2n) is 6.25. The SMILES string of the molecule is O=C(Nc1ncccn1)C(=O)c1c(Cl)n(Cc2ccc(Cl)cc2)c2ccccc12. The first kappa shape index (κ1) is 19.1. The minimum atomic E-state index is -0.854. The molecule has 0 aliphatic rings. The predicted octanol–water partition coefficient (Wildman–Crippen LogP) is 4.61. The smallest absolute Gasteiger partial charge is 0.299 e. The second-order valence-corrected chi connectivity index (χ2v) is 7.05. The minimum Gasteiger partial charge on any atom is -0.327 e. The fourth-order valence-electron chi connectivity index (χ4n) is 3.05. The Bertz CT molecular complexity index is 1200. The van der Waals surface area contributed by atoms with Crippen LogP contribution in [0.5, 0.6) is 0 Å². The molecule has 0 spiro atoms. The summed E-state index contributed by atoms with van der Waals surface area (Å²) in [5, 5.41) is 3.82. The third kappa shape index (κ3) is 3.85. The van der Waals surface area contributed by atoms with Crippen LogP contribution in [0.3, 0.4) is 0 Å². The number of halogens is 2. The van der Waals surface area contributed by atoms with Gasteiger partial charge >= 0.3 is 0 Å². The molecule has 144 valence electrons. The molecule has 29 heavy (non-hydrogen) atoms. The van der Waals surface area contributed by atoms with Gasteiger partial charge in [-0.2, -0.15) is 0 Å². The van der Waals surface area contributed by atoms with Crippen LogP contribution in [-0.4, -0.2) is 26.2 Å². The summed E-state index contributed by atoms with van der Waals surface area (Å²) >= 11 is 12.5. The summed E-state index contributed by atoms with van der Waals surface area (Å²) in [6, 6.07) is 16.2. The lowest BCUT2D eigenvalue weighted by Gasteiger charge is -2.08. The zero-order chi connectivity index (χ0) is 20.4. The number of nitrogens with one attached hydrogen (secondary N) is 1. The van der Waals surface area contributed by atoms with Gasteiger partial charge in [0, 0.05) is 29.3 Å². The molecule has 0 atom stereocenters. The van der Waals surface area contributed by atoms with Gasteiger partial charge in [-0.3, -0.25) is 14.9 Å². The average Bonchev–Trinajstić information content (AvgIpc) is 3.01. The van der Waals surface area contributed by atoms with E-state index in [9.17, 15) is 9.59 Å². The number of nitrogens with zero attached hydrogens (tertiary/aromatic N) is 3. The van der Waals surface area contributed by atoms with Crippen molar-refractivity contribution < 1.29 is 9.59 Å². The third-order valence-electron chi connectivity index (χ3n) is 4.39. The van der Waals surface area contributed by atoms with Crippen molar-refractivity contribution >= 4 is 51.7 Å². The van der Waals surface area contributed by atoms with Gasteiger partial charge in [0.2, 0.25) is 5.95 Å². The number of Topliss-reactive ketones (excluding diaryl/α,β-unsaturated/α-hetero) is 1. The summed E-state index contributed by atoms with van der Waals surface area (Å²) in [5.41, 5.74) is 1.85. The lowest BCUT2D eigenvalue weighted by molar-refractivity contribution is -0.112. The quantitative estimate of drug-likeness (QED) is 0.374. The van der Waals surface area contributed by atoms with E-state index in [1.807, 2.05) is 24.3 Å². The highest BCUT2D eigenvalue weighted by Gasteiger charge is 2.26. The Balaban J connectivity index is 1.72. The van der Waals surface area contributed by atoms with Crippen molar-refractivity contribution in [3.8, 4) is 0 Å². The van der Waals surface area contributed by atoms with E-state index in [4.69, 9.17) is 23.2 Å². The maximum Gasteiger partial charge on any atom is 0.299 e. The Morgan fingerprint density at radius 3 is 2.34 bits per heavy atom. The molecule has 0 saturated heterocycles. The normalized spacial score (nSPS) is 10.8. The number of benzene rings is 2. The second kappa shape index (κ2) is 8.03. The number of para-hydroxylation sites is 1. The number of aromatic nitrogens is 3. The largest absolute Gasteiger partial charge is 0.327 e. The molecule has 4 aromatic rings. The number of rotatable bonds is 5. The number of hydrogen-bond acceptors (Lipinski definition) is 4. The van der Waals surface area contributed by atoms with Crippen LogP contribution < -0.4 is 5.32 Å². The van der Waals surface area contributed by atoms with Crippen molar-refractivity contribution in [1.82, 2.24) is 14.5 Å². The molecule has 1 amide bonds. The van der Waals surface area contributed by atoms with Gasteiger partial charge in [0.1, 0.15) is 5.15 Å². The van der Waals surface area contributed by atoms with Crippen molar-refractivity contribution in [1.29, 1.82) is 0 Å². The van der Waals surface area contributed by atoms with E-state index in [2.05, 4.69) is 15.3 Å². The molecule has 6 nitrogen and oxygen atoms in total. The molecule has 4 rings (SSSR count). The van der Waals surface area contributed by atoms with Crippen LogP contribution in [0, 0.1) is 0 Å². The highest BCUT2D eigenvalue weighted by atomic mass is 35.5. The average molecular weight is 425 g/mol. The molecule has 2 aromatic heterocycles. The van der Waals surface area contributed by atoms with Gasteiger partial charge in [0.25, 0.3) is 11.7 Å². The number of carbonyl (C=O) groups is 2. The van der Waals surface area contributed by atoms with Gasteiger partial charge in [0.05, 0.1) is 11.1 Å². The molecular weight excluding hydrogens is 411 g/mol. The molecule has 0 saturated carbocycles. The van der Waals surface area contributed by atoms with Gasteiger partial charge in [-0.25, -0.2) is 9.97 Å². The van der Waals surface area contributed by atoms with Crippen LogP contribution in [-0.2, 0) is 11.3 Å². The molecule has 2 heterocycles. The first-order valence-corrected chi connectivity index (χ1v) is 9.44. The summed E-state index contributed by atoms with van der Waals surface area (Å²) < 4.78 is 1.79. The van der Waals surface area contributed by atoms with E-state index in [1.54, 1.807) is 34.9 Å². The van der Waals surface area contributed by atoms with E-state index >= 15 is 0 Å². The molecule has 0 unspecified atom stereocenters. The third-order valence-corrected chi connectivity index (χ3v) is 5.03. The summed E-state index contributed by atoms with van der Waals surface area (Å²) in [5.74, 6) is -1.56. The fourth-order valence-corrected chi connectivity index (χ4v) is 3.52. The number of anilines is 1. The van der Waals surface area contributed by atoms with E-state index in [0.29, 0.717) is 17.0 Å². The van der Waals surface area contributed by atoms with E-state index in [0.717, 1.165) is 11.1 Å². The van der Waals surface area contributed by atoms with Crippen molar-refractivity contribution in [2.24, 2.45) is 0 Å². The number of fused-ring (bicyclic) bond motifs is 1. The van der Waals surface area contributed by atoms with Crippen molar-refractivity contribution in [2.75, 3.05) is 5.32 Å². The summed E-state index contributed by atoms with van der Waals surface area (Å²) in [6.07, 6.45) is 2.94. The molecule has 1 N–H and O–H groups in total. The topological polar surface area (TPSA) is 76.9 Å². The molecule has 0 radical (unpaired) electrons. The van der Waals surface area contributed by atoms with Gasteiger partial charge in [-0.15, -0.1) is 0 Å². The van der Waals surface area contributed by atoms with Crippen molar-refractivity contribution in [3.05, 3.63) is 88.3 Å². The first-order valence-electron chi connectivity index (χ1n) is 8.68. The van der Waals surface area contributed by atoms with Gasteiger partial charge < -0.3 is 4.57 Å². The van der Waals surface area contributed by atoms with Crippen LogP contribution in [0.4, 0.5) is 5.95 Å². The molecule has 2 aromatic carbocycles. The van der Waals surface area contributed by atoms with E-state index in [-0.39, 0.29) is 16.7 Å². The number of amides is 1. The Morgan fingerprint density at radius 2 is 1.62 bits per heavy atom. The predicted molar refractivity (Wildman–Crippen MR) is 112 cm³/mol. The molecule has 0 aliphatic carbocycles. The highest BCUT2D eigenvalue weighted by molar-refractivity contribution is 6.51. The molecule has 0 fully saturated rings. The molecule has 8 heteroatoms. The fraction of sp³-hybridized carbons (Fsp3) is 0.0476. The standard InChI is InChI=1S/C21H14Cl2N4O2/c22-14-8-6-13(7-9-14)12-27-16-5-2-1-4-15(16)17(19(27)23)18(28)20(29)26-21-24-10-3-11-25-21/h1-11H,12H2,(H,24,25,26,29). The number of ketones is 1. The van der Waals surface area contributed by atoms with Gasteiger partial charge in [-0.05, 0) is 29.8 Å². The Kier molecular flexibility index (Phi) is 5.29. The van der Waals surface area contributed by atoms with Crippen LogP contribution in [0.2, 0.25) is 10.2 Å². The van der Waals surface area contributed by atoms with Gasteiger partial charge in [0.15, 0.2) is 0 Å². The Hall–Kier alpha value is -3.22. The zero-order valence-electron chi connectivity index (χ0n) is 15.0. The van der Waals surface area contributed by atoms with Crippen molar-refractivity contribution in [3.63, 3.8) is 0 Å². The lowest BCUT2D eigenvalue weighted by Crippen LogP contribution is -2.24. The monoisotopic (exact) mass is 424 g/mol. The highest BCUT2D eigenvalue weighted by Crippen LogP contribution is 2.31. The first-order chi connectivity index (χ1) is 14.0. The maximum atomic E-state index is 12.9. The van der Waals surface area contributed by atoms with Crippen molar-refractivity contribution in [2.45, 2.75) is 6.54 Å². The van der Waals surface area contributed by atoms with Crippen LogP contribution in [0.25, 0.3) is 10.9 Å². The van der Waals surface area contributed by atoms with Gasteiger partial charge in [-0.1, -0.05) is 53.5 Å². The summed E-state index contributed by atoms with van der Waals surface area (Å²) in [6.45, 7) is 0.424. The summed E-state index contributed by atoms with van der Waals surface area (Å²) in [4.78, 5) is 33.2.